The molecule has 0 atom stereocenters. The van der Waals surface area contributed by atoms with E-state index < -0.39 is 41.2 Å². The summed E-state index contributed by atoms with van der Waals surface area (Å²) in [6.07, 6.45) is 4.27. The first-order chi connectivity index (χ1) is 21.9. The third kappa shape index (κ3) is 8.35. The Kier molecular flexibility index (Phi) is 10.2. The lowest BCUT2D eigenvalue weighted by molar-refractivity contribution is -0.275. The number of aromatic nitrogens is 2. The minimum Gasteiger partial charge on any atom is -0.429 e. The summed E-state index contributed by atoms with van der Waals surface area (Å²) in [4.78, 5) is 9.14. The van der Waals surface area contributed by atoms with Crippen molar-refractivity contribution in [2.45, 2.75) is 76.7 Å². The Morgan fingerprint density at radius 3 is 1.98 bits per heavy atom. The first-order valence-corrected chi connectivity index (χ1v) is 15.3. The van der Waals surface area contributed by atoms with Crippen molar-refractivity contribution >= 4 is 0 Å². The highest BCUT2D eigenvalue weighted by molar-refractivity contribution is 5.68. The quantitative estimate of drug-likeness (QED) is 0.120. The Morgan fingerprint density at radius 2 is 1.37 bits per heavy atom. The van der Waals surface area contributed by atoms with Crippen LogP contribution >= 0.6 is 0 Å². The minimum absolute atomic E-state index is 0.292. The van der Waals surface area contributed by atoms with Gasteiger partial charge in [-0.3, -0.25) is 0 Å². The molecule has 4 aromatic rings. The fourth-order valence-corrected chi connectivity index (χ4v) is 5.86. The van der Waals surface area contributed by atoms with Gasteiger partial charge in [0, 0.05) is 24.0 Å². The van der Waals surface area contributed by atoms with Gasteiger partial charge in [-0.05, 0) is 78.5 Å². The van der Waals surface area contributed by atoms with Gasteiger partial charge >= 0.3 is 12.5 Å². The number of rotatable bonds is 11. The van der Waals surface area contributed by atoms with Crippen molar-refractivity contribution in [3.63, 3.8) is 0 Å². The minimum atomic E-state index is -5.18. The van der Waals surface area contributed by atoms with E-state index in [9.17, 15) is 30.7 Å². The first kappa shape index (κ1) is 33.2. The monoisotopic (exact) mass is 646 g/mol. The number of ether oxygens (including phenoxy) is 2. The molecule has 0 N–H and O–H groups in total. The molecule has 244 valence electrons. The number of halogens is 7. The fourth-order valence-electron chi connectivity index (χ4n) is 5.86. The normalized spacial score (nSPS) is 17.1. The molecular weight excluding hydrogens is 613 g/mol. The molecule has 0 amide bonds. The summed E-state index contributed by atoms with van der Waals surface area (Å²) >= 11 is 0. The van der Waals surface area contributed by atoms with E-state index in [1.807, 2.05) is 12.4 Å². The summed E-state index contributed by atoms with van der Waals surface area (Å²) in [6.45, 7) is 2.23. The molecule has 1 aromatic heterocycles. The predicted molar refractivity (Wildman–Crippen MR) is 159 cm³/mol. The van der Waals surface area contributed by atoms with Crippen molar-refractivity contribution in [3.8, 4) is 34.0 Å². The molecule has 0 aliphatic heterocycles. The largest absolute Gasteiger partial charge is 0.573 e. The second kappa shape index (κ2) is 14.1. The van der Waals surface area contributed by atoms with E-state index in [0.29, 0.717) is 41.1 Å². The Balaban J connectivity index is 1.21. The summed E-state index contributed by atoms with van der Waals surface area (Å²) in [6, 6.07) is 11.4. The van der Waals surface area contributed by atoms with Crippen LogP contribution < -0.4 is 9.47 Å². The van der Waals surface area contributed by atoms with Crippen LogP contribution in [0.1, 0.15) is 75.3 Å². The van der Waals surface area contributed by atoms with E-state index >= 15 is 0 Å². The second-order valence-corrected chi connectivity index (χ2v) is 11.6. The molecule has 1 aliphatic rings. The Morgan fingerprint density at radius 1 is 0.717 bits per heavy atom. The first-order valence-electron chi connectivity index (χ1n) is 15.3. The van der Waals surface area contributed by atoms with Gasteiger partial charge in [0.25, 0.3) is 0 Å². The van der Waals surface area contributed by atoms with Crippen molar-refractivity contribution < 1.29 is 40.2 Å². The lowest BCUT2D eigenvalue weighted by Gasteiger charge is -2.28. The van der Waals surface area contributed by atoms with Gasteiger partial charge in [-0.25, -0.2) is 18.7 Å². The molecule has 1 fully saturated rings. The summed E-state index contributed by atoms with van der Waals surface area (Å²) in [5.41, 5.74) is 1.60. The summed E-state index contributed by atoms with van der Waals surface area (Å²) in [5, 5.41) is 0. The van der Waals surface area contributed by atoms with Gasteiger partial charge in [0.1, 0.15) is 11.6 Å². The van der Waals surface area contributed by atoms with Crippen LogP contribution in [-0.4, -0.2) is 16.3 Å². The SMILES string of the molecule is CCCCCC1CCC(c2cnc(-c3ccc(-c4ccc(C(F)(F)Oc5ccc(OC(F)(F)F)c(F)c5)c(F)c4)cc3)nc2)CC1. The van der Waals surface area contributed by atoms with Crippen LogP contribution in [0.3, 0.4) is 0 Å². The van der Waals surface area contributed by atoms with E-state index in [0.717, 1.165) is 42.0 Å². The molecule has 1 aliphatic carbocycles. The maximum Gasteiger partial charge on any atom is 0.573 e. The molecular formula is C35H33F7N2O2. The predicted octanol–water partition coefficient (Wildman–Crippen LogP) is 11.0. The van der Waals surface area contributed by atoms with E-state index in [2.05, 4.69) is 26.4 Å². The third-order valence-corrected chi connectivity index (χ3v) is 8.34. The molecule has 1 saturated carbocycles. The molecule has 0 unspecified atom stereocenters. The topological polar surface area (TPSA) is 44.2 Å². The highest BCUT2D eigenvalue weighted by Gasteiger charge is 2.38. The van der Waals surface area contributed by atoms with Crippen molar-refractivity contribution in [1.82, 2.24) is 9.97 Å². The molecule has 0 radical (unpaired) electrons. The highest BCUT2D eigenvalue weighted by atomic mass is 19.4. The zero-order valence-corrected chi connectivity index (χ0v) is 25.1. The number of nitrogens with zero attached hydrogens (tertiary/aromatic N) is 2. The van der Waals surface area contributed by atoms with Gasteiger partial charge in [0.05, 0.1) is 5.56 Å². The molecule has 1 heterocycles. The van der Waals surface area contributed by atoms with Crippen LogP contribution in [0.2, 0.25) is 0 Å². The van der Waals surface area contributed by atoms with Crippen LogP contribution in [0.25, 0.3) is 22.5 Å². The maximum absolute atomic E-state index is 14.9. The lowest BCUT2D eigenvalue weighted by atomic mass is 9.77. The van der Waals surface area contributed by atoms with Gasteiger partial charge in [0.15, 0.2) is 17.4 Å². The second-order valence-electron chi connectivity index (χ2n) is 11.6. The summed E-state index contributed by atoms with van der Waals surface area (Å²) in [7, 11) is 0. The van der Waals surface area contributed by atoms with Crippen molar-refractivity contribution in [2.75, 3.05) is 0 Å². The smallest absolute Gasteiger partial charge is 0.429 e. The summed E-state index contributed by atoms with van der Waals surface area (Å²) < 4.78 is 103. The number of hydrogen-bond acceptors (Lipinski definition) is 4. The average Bonchev–Trinajstić information content (AvgIpc) is 3.02. The van der Waals surface area contributed by atoms with Crippen LogP contribution in [0.5, 0.6) is 11.5 Å². The Hall–Kier alpha value is -4.15. The van der Waals surface area contributed by atoms with E-state index in [-0.39, 0.29) is 0 Å². The average molecular weight is 647 g/mol. The zero-order valence-electron chi connectivity index (χ0n) is 25.1. The van der Waals surface area contributed by atoms with Crippen LogP contribution in [0.15, 0.2) is 73.1 Å². The molecule has 3 aromatic carbocycles. The molecule has 46 heavy (non-hydrogen) atoms. The van der Waals surface area contributed by atoms with Crippen molar-refractivity contribution in [3.05, 3.63) is 95.8 Å². The molecule has 11 heteroatoms. The highest BCUT2D eigenvalue weighted by Crippen LogP contribution is 2.39. The van der Waals surface area contributed by atoms with Gasteiger partial charge in [0.2, 0.25) is 0 Å². The van der Waals surface area contributed by atoms with Gasteiger partial charge in [-0.2, -0.15) is 8.78 Å². The fraction of sp³-hybridized carbons (Fsp3) is 0.371. The van der Waals surface area contributed by atoms with Crippen LogP contribution in [0.4, 0.5) is 30.7 Å². The number of unbranched alkanes of at least 4 members (excludes halogenated alkanes) is 2. The lowest BCUT2D eigenvalue weighted by Crippen LogP contribution is -2.23. The Bertz CT molecular complexity index is 1600. The van der Waals surface area contributed by atoms with Crippen molar-refractivity contribution in [1.29, 1.82) is 0 Å². The standard InChI is InChI=1S/C35H33F7N2O2/c1-2-3-4-5-22-6-8-24(9-7-22)27-20-43-33(44-21-27)25-12-10-23(11-13-25)26-14-16-29(30(36)18-26)34(38,39)45-28-15-17-32(31(37)19-28)46-35(40,41)42/h10-22,24H,2-9H2,1H3. The summed E-state index contributed by atoms with van der Waals surface area (Å²) in [5.74, 6) is -3.10. The van der Waals surface area contributed by atoms with Gasteiger partial charge in [-0.15, -0.1) is 13.2 Å². The van der Waals surface area contributed by atoms with Crippen LogP contribution in [-0.2, 0) is 6.11 Å². The third-order valence-electron chi connectivity index (χ3n) is 8.34. The molecule has 0 bridgehead atoms. The van der Waals surface area contributed by atoms with E-state index in [1.165, 1.54) is 44.6 Å². The Labute approximate surface area is 262 Å². The molecule has 4 nitrogen and oxygen atoms in total. The molecule has 0 spiro atoms. The van der Waals surface area contributed by atoms with Gasteiger partial charge < -0.3 is 9.47 Å². The van der Waals surface area contributed by atoms with Gasteiger partial charge in [-0.1, -0.05) is 62.9 Å². The van der Waals surface area contributed by atoms with E-state index in [1.54, 1.807) is 24.3 Å². The number of alkyl halides is 5. The molecule has 5 rings (SSSR count). The number of hydrogen-bond donors (Lipinski definition) is 0. The maximum atomic E-state index is 14.9. The van der Waals surface area contributed by atoms with Crippen LogP contribution in [0, 0.1) is 17.6 Å². The van der Waals surface area contributed by atoms with E-state index in [4.69, 9.17) is 0 Å². The molecule has 0 saturated heterocycles. The van der Waals surface area contributed by atoms with Crippen molar-refractivity contribution in [2.24, 2.45) is 5.92 Å². The zero-order chi connectivity index (χ0) is 32.9. The number of benzene rings is 3.